The van der Waals surface area contributed by atoms with Crippen LogP contribution in [0.3, 0.4) is 0 Å². The number of hydrogen-bond acceptors (Lipinski definition) is 5. The van der Waals surface area contributed by atoms with Crippen LogP contribution in [-0.4, -0.2) is 55.5 Å². The van der Waals surface area contributed by atoms with Crippen LogP contribution < -0.4 is 9.80 Å². The average Bonchev–Trinajstić information content (AvgIpc) is 2.61. The number of anilines is 2. The van der Waals surface area contributed by atoms with Gasteiger partial charge >= 0.3 is 0 Å². The number of aryl methyl sites for hydroxylation is 1. The Kier molecular flexibility index (Phi) is 4.85. The molecule has 138 valence electrons. The third-order valence-electron chi connectivity index (χ3n) is 4.98. The predicted octanol–water partition coefficient (Wildman–Crippen LogP) is 2.42. The van der Waals surface area contributed by atoms with Gasteiger partial charge in [0.2, 0.25) is 5.95 Å². The molecule has 2 heterocycles. The second kappa shape index (κ2) is 6.94. The molecule has 1 amide bonds. The van der Waals surface area contributed by atoms with E-state index in [0.717, 1.165) is 40.2 Å². The molecule has 1 aliphatic heterocycles. The quantitative estimate of drug-likeness (QED) is 0.848. The number of fused-ring (bicyclic) bond motifs is 1. The molecular formula is C20H27N5O. The van der Waals surface area contributed by atoms with E-state index in [-0.39, 0.29) is 5.91 Å². The molecular weight excluding hydrogens is 326 g/mol. The lowest BCUT2D eigenvalue weighted by Crippen LogP contribution is -2.38. The van der Waals surface area contributed by atoms with Gasteiger partial charge in [0.1, 0.15) is 5.82 Å². The van der Waals surface area contributed by atoms with Gasteiger partial charge in [0, 0.05) is 45.9 Å². The van der Waals surface area contributed by atoms with E-state index in [0.29, 0.717) is 19.0 Å². The number of carbonyl (C=O) groups is 1. The number of carbonyl (C=O) groups excluding carboxylic acids is 1. The molecule has 0 unspecified atom stereocenters. The Labute approximate surface area is 155 Å². The van der Waals surface area contributed by atoms with Gasteiger partial charge in [0.25, 0.3) is 5.91 Å². The summed E-state index contributed by atoms with van der Waals surface area (Å²) in [7, 11) is 7.86. The zero-order valence-electron chi connectivity index (χ0n) is 16.5. The molecule has 0 atom stereocenters. The topological polar surface area (TPSA) is 52.6 Å². The summed E-state index contributed by atoms with van der Waals surface area (Å²) in [6, 6.07) is 5.90. The van der Waals surface area contributed by atoms with Crippen LogP contribution in [-0.2, 0) is 13.0 Å². The first-order valence-corrected chi connectivity index (χ1v) is 8.89. The SMILES string of the molecule is Cc1cccc(C(=O)N2CCc3c(nc(N(C)C)nc3N(C)C)C2)c1C. The van der Waals surface area contributed by atoms with Gasteiger partial charge in [-0.15, -0.1) is 0 Å². The van der Waals surface area contributed by atoms with Crippen molar-refractivity contribution in [2.75, 3.05) is 44.5 Å². The molecule has 0 bridgehead atoms. The van der Waals surface area contributed by atoms with E-state index >= 15 is 0 Å². The monoisotopic (exact) mass is 353 g/mol. The number of benzene rings is 1. The predicted molar refractivity (Wildman–Crippen MR) is 105 cm³/mol. The minimum Gasteiger partial charge on any atom is -0.362 e. The molecule has 0 aliphatic carbocycles. The van der Waals surface area contributed by atoms with Gasteiger partial charge in [-0.2, -0.15) is 4.98 Å². The molecule has 0 saturated carbocycles. The van der Waals surface area contributed by atoms with Crippen LogP contribution in [0, 0.1) is 13.8 Å². The average molecular weight is 353 g/mol. The van der Waals surface area contributed by atoms with Gasteiger partial charge in [-0.1, -0.05) is 12.1 Å². The summed E-state index contributed by atoms with van der Waals surface area (Å²) in [5.74, 6) is 1.69. The standard InChI is InChI=1S/C20H27N5O/c1-13-8-7-9-15(14(13)2)19(26)25-11-10-16-17(12-25)21-20(24(5)6)22-18(16)23(3)4/h7-9H,10-12H2,1-6H3. The fourth-order valence-corrected chi connectivity index (χ4v) is 3.29. The highest BCUT2D eigenvalue weighted by Crippen LogP contribution is 2.28. The third-order valence-corrected chi connectivity index (χ3v) is 4.98. The van der Waals surface area contributed by atoms with Crippen LogP contribution in [0.15, 0.2) is 18.2 Å². The van der Waals surface area contributed by atoms with Gasteiger partial charge in [-0.05, 0) is 37.5 Å². The number of nitrogens with zero attached hydrogens (tertiary/aromatic N) is 5. The van der Waals surface area contributed by atoms with Gasteiger partial charge in [0.15, 0.2) is 0 Å². The van der Waals surface area contributed by atoms with Gasteiger partial charge < -0.3 is 14.7 Å². The highest BCUT2D eigenvalue weighted by molar-refractivity contribution is 5.96. The van der Waals surface area contributed by atoms with E-state index in [1.807, 2.05) is 74.9 Å². The molecule has 2 aromatic rings. The molecule has 1 aromatic heterocycles. The minimum atomic E-state index is 0.0771. The summed E-state index contributed by atoms with van der Waals surface area (Å²) in [4.78, 5) is 28.3. The van der Waals surface area contributed by atoms with Crippen LogP contribution in [0.25, 0.3) is 0 Å². The second-order valence-corrected chi connectivity index (χ2v) is 7.29. The summed E-state index contributed by atoms with van der Waals surface area (Å²) >= 11 is 0. The van der Waals surface area contributed by atoms with Gasteiger partial charge in [-0.3, -0.25) is 4.79 Å². The molecule has 6 heteroatoms. The second-order valence-electron chi connectivity index (χ2n) is 7.29. The van der Waals surface area contributed by atoms with Crippen LogP contribution in [0.1, 0.15) is 32.7 Å². The van der Waals surface area contributed by atoms with Crippen molar-refractivity contribution in [1.82, 2.24) is 14.9 Å². The Morgan fingerprint density at radius 3 is 2.46 bits per heavy atom. The van der Waals surface area contributed by atoms with Crippen LogP contribution >= 0.6 is 0 Å². The van der Waals surface area contributed by atoms with Gasteiger partial charge in [0.05, 0.1) is 12.2 Å². The summed E-state index contributed by atoms with van der Waals surface area (Å²) < 4.78 is 0. The highest BCUT2D eigenvalue weighted by atomic mass is 16.2. The van der Waals surface area contributed by atoms with E-state index in [2.05, 4.69) is 4.98 Å². The molecule has 0 fully saturated rings. The van der Waals surface area contributed by atoms with E-state index in [1.165, 1.54) is 0 Å². The molecule has 6 nitrogen and oxygen atoms in total. The third kappa shape index (κ3) is 3.23. The Balaban J connectivity index is 1.96. The number of aromatic nitrogens is 2. The maximum Gasteiger partial charge on any atom is 0.254 e. The van der Waals surface area contributed by atoms with E-state index in [1.54, 1.807) is 0 Å². The van der Waals surface area contributed by atoms with Crippen molar-refractivity contribution in [2.45, 2.75) is 26.8 Å². The lowest BCUT2D eigenvalue weighted by Gasteiger charge is -2.31. The van der Waals surface area contributed by atoms with Crippen molar-refractivity contribution in [3.63, 3.8) is 0 Å². The number of rotatable bonds is 3. The molecule has 0 saturated heterocycles. The van der Waals surface area contributed by atoms with Crippen LogP contribution in [0.4, 0.5) is 11.8 Å². The Morgan fingerprint density at radius 2 is 1.81 bits per heavy atom. The van der Waals surface area contributed by atoms with Crippen molar-refractivity contribution in [1.29, 1.82) is 0 Å². The van der Waals surface area contributed by atoms with Crippen molar-refractivity contribution < 1.29 is 4.79 Å². The molecule has 1 aromatic carbocycles. The normalized spacial score (nSPS) is 13.4. The molecule has 0 N–H and O–H groups in total. The smallest absolute Gasteiger partial charge is 0.254 e. The zero-order valence-corrected chi connectivity index (χ0v) is 16.5. The van der Waals surface area contributed by atoms with E-state index in [4.69, 9.17) is 4.98 Å². The van der Waals surface area contributed by atoms with Crippen molar-refractivity contribution in [2.24, 2.45) is 0 Å². The van der Waals surface area contributed by atoms with Crippen LogP contribution in [0.5, 0.6) is 0 Å². The maximum atomic E-state index is 13.1. The van der Waals surface area contributed by atoms with E-state index in [9.17, 15) is 4.79 Å². The summed E-state index contributed by atoms with van der Waals surface area (Å²) in [5.41, 5.74) is 5.06. The Bertz CT molecular complexity index is 844. The van der Waals surface area contributed by atoms with Crippen LogP contribution in [0.2, 0.25) is 0 Å². The lowest BCUT2D eigenvalue weighted by atomic mass is 10.00. The van der Waals surface area contributed by atoms with Crippen molar-refractivity contribution in [3.8, 4) is 0 Å². The highest BCUT2D eigenvalue weighted by Gasteiger charge is 2.27. The first-order chi connectivity index (χ1) is 12.3. The summed E-state index contributed by atoms with van der Waals surface area (Å²) in [6.07, 6.45) is 0.771. The van der Waals surface area contributed by atoms with Crippen molar-refractivity contribution >= 4 is 17.7 Å². The maximum absolute atomic E-state index is 13.1. The largest absolute Gasteiger partial charge is 0.362 e. The fraction of sp³-hybridized carbons (Fsp3) is 0.450. The zero-order chi connectivity index (χ0) is 19.0. The molecule has 26 heavy (non-hydrogen) atoms. The summed E-state index contributed by atoms with van der Waals surface area (Å²) in [5, 5.41) is 0. The lowest BCUT2D eigenvalue weighted by molar-refractivity contribution is 0.0731. The van der Waals surface area contributed by atoms with Gasteiger partial charge in [-0.25, -0.2) is 4.98 Å². The molecule has 0 spiro atoms. The first-order valence-electron chi connectivity index (χ1n) is 8.89. The Hall–Kier alpha value is -2.63. The number of hydrogen-bond donors (Lipinski definition) is 0. The Morgan fingerprint density at radius 1 is 1.08 bits per heavy atom. The molecule has 3 rings (SSSR count). The molecule has 0 radical (unpaired) electrons. The fourth-order valence-electron chi connectivity index (χ4n) is 3.29. The first kappa shape index (κ1) is 18.2. The minimum absolute atomic E-state index is 0.0771. The van der Waals surface area contributed by atoms with Crippen molar-refractivity contribution in [3.05, 3.63) is 46.1 Å². The molecule has 1 aliphatic rings. The summed E-state index contributed by atoms with van der Waals surface area (Å²) in [6.45, 7) is 5.25. The number of amides is 1. The van der Waals surface area contributed by atoms with E-state index < -0.39 is 0 Å².